The first kappa shape index (κ1) is 6.49. The molecule has 1 rings (SSSR count). The highest BCUT2D eigenvalue weighted by atomic mass is 19.1. The van der Waals surface area contributed by atoms with Gasteiger partial charge in [0.15, 0.2) is 0 Å². The summed E-state index contributed by atoms with van der Waals surface area (Å²) < 4.78 is 12.2. The number of hydrogen-bond donors (Lipinski definition) is 1. The van der Waals surface area contributed by atoms with Crippen LogP contribution in [0.4, 0.5) is 4.39 Å². The summed E-state index contributed by atoms with van der Waals surface area (Å²) in [6, 6.07) is 0. The van der Waals surface area contributed by atoms with Gasteiger partial charge in [0.05, 0.1) is 6.61 Å². The van der Waals surface area contributed by atoms with Crippen LogP contribution < -0.4 is 0 Å². The molecule has 0 unspecified atom stereocenters. The molecule has 0 heterocycles. The fraction of sp³-hybridized carbons (Fsp3) is 0.429. The predicted octanol–water partition coefficient (Wildman–Crippen LogP) is 1.55. The van der Waals surface area contributed by atoms with Crippen LogP contribution in [0, 0.1) is 0 Å². The van der Waals surface area contributed by atoms with Gasteiger partial charge in [-0.3, -0.25) is 0 Å². The largest absolute Gasteiger partial charge is 0.392 e. The van der Waals surface area contributed by atoms with Crippen LogP contribution in [0.1, 0.15) is 12.8 Å². The first-order chi connectivity index (χ1) is 4.33. The Labute approximate surface area is 53.5 Å². The van der Waals surface area contributed by atoms with Gasteiger partial charge in [0, 0.05) is 6.42 Å². The third-order valence-corrected chi connectivity index (χ3v) is 1.39. The van der Waals surface area contributed by atoms with Gasteiger partial charge in [-0.15, -0.1) is 0 Å². The first-order valence-corrected chi connectivity index (χ1v) is 2.98. The number of halogens is 1. The minimum Gasteiger partial charge on any atom is -0.392 e. The van der Waals surface area contributed by atoms with E-state index in [0.717, 1.165) is 5.57 Å². The maximum Gasteiger partial charge on any atom is 0.100 e. The smallest absolute Gasteiger partial charge is 0.100 e. The predicted molar refractivity (Wildman–Crippen MR) is 33.6 cm³/mol. The molecule has 50 valence electrons. The van der Waals surface area contributed by atoms with Crippen LogP contribution in [-0.4, -0.2) is 11.7 Å². The van der Waals surface area contributed by atoms with Crippen molar-refractivity contribution in [2.75, 3.05) is 6.61 Å². The number of hydrogen-bond acceptors (Lipinski definition) is 1. The first-order valence-electron chi connectivity index (χ1n) is 2.98. The summed E-state index contributed by atoms with van der Waals surface area (Å²) in [5.74, 6) is -0.0906. The molecule has 0 aromatic rings. The molecule has 0 bridgehead atoms. The van der Waals surface area contributed by atoms with Crippen molar-refractivity contribution in [2.24, 2.45) is 0 Å². The molecule has 1 nitrogen and oxygen atoms in total. The molecular weight excluding hydrogens is 119 g/mol. The lowest BCUT2D eigenvalue weighted by Crippen LogP contribution is -1.94. The lowest BCUT2D eigenvalue weighted by Gasteiger charge is -2.05. The SMILES string of the molecule is OCC1=CC=C(F)CC1. The molecule has 0 aromatic heterocycles. The molecular formula is C7H9FO. The summed E-state index contributed by atoms with van der Waals surface area (Å²) in [5, 5.41) is 8.56. The van der Waals surface area contributed by atoms with Crippen molar-refractivity contribution < 1.29 is 9.50 Å². The van der Waals surface area contributed by atoms with Gasteiger partial charge in [-0.25, -0.2) is 4.39 Å². The highest BCUT2D eigenvalue weighted by Crippen LogP contribution is 2.17. The van der Waals surface area contributed by atoms with E-state index in [2.05, 4.69) is 0 Å². The fourth-order valence-corrected chi connectivity index (χ4v) is 0.787. The van der Waals surface area contributed by atoms with Gasteiger partial charge in [0.25, 0.3) is 0 Å². The molecule has 9 heavy (non-hydrogen) atoms. The van der Waals surface area contributed by atoms with Crippen LogP contribution in [0.3, 0.4) is 0 Å². The second-order valence-corrected chi connectivity index (χ2v) is 2.10. The average Bonchev–Trinajstić information content (AvgIpc) is 1.90. The van der Waals surface area contributed by atoms with Crippen molar-refractivity contribution in [1.82, 2.24) is 0 Å². The fourth-order valence-electron chi connectivity index (χ4n) is 0.787. The monoisotopic (exact) mass is 128 g/mol. The molecule has 1 N–H and O–H groups in total. The van der Waals surface area contributed by atoms with Gasteiger partial charge >= 0.3 is 0 Å². The molecule has 0 radical (unpaired) electrons. The maximum atomic E-state index is 12.2. The third-order valence-electron chi connectivity index (χ3n) is 1.39. The highest BCUT2D eigenvalue weighted by molar-refractivity contribution is 5.20. The van der Waals surface area contributed by atoms with Gasteiger partial charge < -0.3 is 5.11 Å². The highest BCUT2D eigenvalue weighted by Gasteiger charge is 2.02. The van der Waals surface area contributed by atoms with Gasteiger partial charge in [0.1, 0.15) is 5.83 Å². The van der Waals surface area contributed by atoms with Crippen LogP contribution >= 0.6 is 0 Å². The normalized spacial score (nSPS) is 18.9. The zero-order valence-corrected chi connectivity index (χ0v) is 5.10. The Morgan fingerprint density at radius 1 is 1.44 bits per heavy atom. The van der Waals surface area contributed by atoms with E-state index in [1.807, 2.05) is 0 Å². The Balaban J connectivity index is 2.59. The molecule has 0 fully saturated rings. The average molecular weight is 128 g/mol. The van der Waals surface area contributed by atoms with Crippen LogP contribution in [0.15, 0.2) is 23.6 Å². The minimum atomic E-state index is -0.0906. The number of allylic oxidation sites excluding steroid dienone is 3. The Kier molecular flexibility index (Phi) is 2.01. The van der Waals surface area contributed by atoms with Crippen molar-refractivity contribution in [3.8, 4) is 0 Å². The molecule has 0 amide bonds. The standard InChI is InChI=1S/C7H9FO/c8-7-3-1-6(5-9)2-4-7/h1,3,9H,2,4-5H2. The topological polar surface area (TPSA) is 20.2 Å². The minimum absolute atomic E-state index is 0.0593. The molecule has 0 saturated heterocycles. The van der Waals surface area contributed by atoms with Gasteiger partial charge in [-0.1, -0.05) is 6.08 Å². The third kappa shape index (κ3) is 1.64. The van der Waals surface area contributed by atoms with E-state index < -0.39 is 0 Å². The zero-order valence-electron chi connectivity index (χ0n) is 5.10. The summed E-state index contributed by atoms with van der Waals surface area (Å²) >= 11 is 0. The second kappa shape index (κ2) is 2.78. The lowest BCUT2D eigenvalue weighted by atomic mass is 10.1. The maximum absolute atomic E-state index is 12.2. The van der Waals surface area contributed by atoms with Crippen LogP contribution in [0.2, 0.25) is 0 Å². The molecule has 0 aromatic carbocycles. The summed E-state index contributed by atoms with van der Waals surface area (Å²) in [4.78, 5) is 0. The number of rotatable bonds is 1. The number of aliphatic hydroxyl groups excluding tert-OH is 1. The Hall–Kier alpha value is -0.630. The Bertz CT molecular complexity index is 158. The second-order valence-electron chi connectivity index (χ2n) is 2.10. The molecule has 1 aliphatic carbocycles. The van der Waals surface area contributed by atoms with Gasteiger partial charge in [0.2, 0.25) is 0 Å². The molecule has 0 aliphatic heterocycles. The Morgan fingerprint density at radius 2 is 2.22 bits per heavy atom. The van der Waals surface area contributed by atoms with E-state index in [1.54, 1.807) is 6.08 Å². The molecule has 0 atom stereocenters. The quantitative estimate of drug-likeness (QED) is 0.568. The van der Waals surface area contributed by atoms with E-state index in [-0.39, 0.29) is 12.4 Å². The number of aliphatic hydroxyl groups is 1. The van der Waals surface area contributed by atoms with E-state index in [9.17, 15) is 4.39 Å². The van der Waals surface area contributed by atoms with Crippen molar-refractivity contribution in [1.29, 1.82) is 0 Å². The van der Waals surface area contributed by atoms with Crippen molar-refractivity contribution in [3.63, 3.8) is 0 Å². The molecule has 0 saturated carbocycles. The zero-order chi connectivity index (χ0) is 6.69. The van der Waals surface area contributed by atoms with E-state index >= 15 is 0 Å². The lowest BCUT2D eigenvalue weighted by molar-refractivity contribution is 0.325. The summed E-state index contributed by atoms with van der Waals surface area (Å²) in [5.41, 5.74) is 0.913. The van der Waals surface area contributed by atoms with E-state index in [0.29, 0.717) is 12.8 Å². The van der Waals surface area contributed by atoms with Crippen LogP contribution in [-0.2, 0) is 0 Å². The molecule has 0 spiro atoms. The summed E-state index contributed by atoms with van der Waals surface area (Å²) in [6.45, 7) is 0.0593. The van der Waals surface area contributed by atoms with Crippen molar-refractivity contribution in [2.45, 2.75) is 12.8 Å². The van der Waals surface area contributed by atoms with Crippen LogP contribution in [0.5, 0.6) is 0 Å². The van der Waals surface area contributed by atoms with E-state index in [1.165, 1.54) is 6.08 Å². The molecule has 2 heteroatoms. The van der Waals surface area contributed by atoms with Gasteiger partial charge in [-0.2, -0.15) is 0 Å². The van der Waals surface area contributed by atoms with Crippen molar-refractivity contribution in [3.05, 3.63) is 23.6 Å². The summed E-state index contributed by atoms with van der Waals surface area (Å²) in [6.07, 6.45) is 4.17. The summed E-state index contributed by atoms with van der Waals surface area (Å²) in [7, 11) is 0. The molecule has 1 aliphatic rings. The Morgan fingerprint density at radius 3 is 2.67 bits per heavy atom. The van der Waals surface area contributed by atoms with E-state index in [4.69, 9.17) is 5.11 Å². The van der Waals surface area contributed by atoms with Crippen molar-refractivity contribution >= 4 is 0 Å². The van der Waals surface area contributed by atoms with Crippen LogP contribution in [0.25, 0.3) is 0 Å². The van der Waals surface area contributed by atoms with Gasteiger partial charge in [-0.05, 0) is 18.1 Å².